The van der Waals surface area contributed by atoms with Gasteiger partial charge in [0, 0.05) is 34.9 Å². The number of ether oxygens (including phenoxy) is 2. The van der Waals surface area contributed by atoms with Crippen LogP contribution in [0.2, 0.25) is 0 Å². The average molecular weight is 409 g/mol. The summed E-state index contributed by atoms with van der Waals surface area (Å²) >= 11 is 0. The molecule has 0 fully saturated rings. The first-order chi connectivity index (χ1) is 15.2. The minimum atomic E-state index is 0.385. The first-order valence-corrected chi connectivity index (χ1v) is 9.61. The van der Waals surface area contributed by atoms with Crippen molar-refractivity contribution in [3.8, 4) is 29.0 Å². The molecular weight excluding hydrogens is 390 g/mol. The predicted molar refractivity (Wildman–Crippen MR) is 121 cm³/mol. The molecule has 0 aliphatic rings. The Morgan fingerprint density at radius 2 is 1.77 bits per heavy atom. The molecule has 152 valence electrons. The number of methoxy groups -OCH3 is 2. The van der Waals surface area contributed by atoms with Gasteiger partial charge in [-0.3, -0.25) is 4.57 Å². The van der Waals surface area contributed by atoms with Crippen molar-refractivity contribution in [1.82, 2.24) is 19.5 Å². The molecule has 0 atom stereocenters. The van der Waals surface area contributed by atoms with Gasteiger partial charge in [-0.25, -0.2) is 9.97 Å². The standard InChI is InChI=1S/C24H19N5O2/c1-30-17-9-15(10-18(11-17)31-2)7-8-16-13-29(24-22(16)23(25)27-14-28-24)21-12-26-20-6-4-3-5-19(20)21/h3-6,9-14,26H,1-2H3,(H2,25,27,28). The van der Waals surface area contributed by atoms with Crippen LogP contribution in [0.3, 0.4) is 0 Å². The second-order valence-electron chi connectivity index (χ2n) is 6.94. The number of aromatic amines is 1. The van der Waals surface area contributed by atoms with Gasteiger partial charge in [-0.1, -0.05) is 30.0 Å². The number of nitrogens with one attached hydrogen (secondary N) is 1. The minimum Gasteiger partial charge on any atom is -0.497 e. The molecule has 0 saturated heterocycles. The zero-order valence-corrected chi connectivity index (χ0v) is 17.0. The minimum absolute atomic E-state index is 0.385. The highest BCUT2D eigenvalue weighted by Crippen LogP contribution is 2.30. The molecule has 7 heteroatoms. The number of benzene rings is 2. The molecule has 0 bridgehead atoms. The summed E-state index contributed by atoms with van der Waals surface area (Å²) in [6.45, 7) is 0. The number of H-pyrrole nitrogens is 1. The van der Waals surface area contributed by atoms with Crippen LogP contribution in [0.15, 0.2) is 61.2 Å². The Kier molecular flexibility index (Phi) is 4.45. The van der Waals surface area contributed by atoms with Crippen molar-refractivity contribution in [3.05, 3.63) is 72.3 Å². The Hall–Kier alpha value is -4.44. The summed E-state index contributed by atoms with van der Waals surface area (Å²) in [4.78, 5) is 12.0. The van der Waals surface area contributed by atoms with E-state index in [1.54, 1.807) is 20.3 Å². The van der Waals surface area contributed by atoms with Crippen molar-refractivity contribution in [3.63, 3.8) is 0 Å². The Morgan fingerprint density at radius 3 is 2.55 bits per heavy atom. The zero-order chi connectivity index (χ0) is 21.4. The number of hydrogen-bond donors (Lipinski definition) is 2. The van der Waals surface area contributed by atoms with E-state index in [-0.39, 0.29) is 0 Å². The monoisotopic (exact) mass is 409 g/mol. The number of nitrogens with two attached hydrogens (primary N) is 1. The van der Waals surface area contributed by atoms with Crippen LogP contribution >= 0.6 is 0 Å². The van der Waals surface area contributed by atoms with Crippen LogP contribution in [0.5, 0.6) is 11.5 Å². The van der Waals surface area contributed by atoms with Crippen LogP contribution in [0, 0.1) is 11.8 Å². The van der Waals surface area contributed by atoms with E-state index >= 15 is 0 Å². The Balaban J connectivity index is 1.69. The largest absolute Gasteiger partial charge is 0.497 e. The number of aromatic nitrogens is 4. The van der Waals surface area contributed by atoms with Gasteiger partial charge in [-0.2, -0.15) is 0 Å². The lowest BCUT2D eigenvalue weighted by Gasteiger charge is -2.04. The van der Waals surface area contributed by atoms with E-state index in [2.05, 4.69) is 32.9 Å². The molecule has 5 aromatic rings. The molecule has 2 aromatic carbocycles. The maximum atomic E-state index is 6.22. The molecule has 0 aliphatic heterocycles. The fraction of sp³-hybridized carbons (Fsp3) is 0.0833. The predicted octanol–water partition coefficient (Wildman–Crippen LogP) is 3.90. The maximum absolute atomic E-state index is 6.22. The van der Waals surface area contributed by atoms with E-state index in [1.807, 2.05) is 47.3 Å². The first kappa shape index (κ1) is 18.6. The molecule has 0 amide bonds. The third-order valence-electron chi connectivity index (χ3n) is 5.13. The summed E-state index contributed by atoms with van der Waals surface area (Å²) in [6.07, 6.45) is 5.36. The molecule has 31 heavy (non-hydrogen) atoms. The van der Waals surface area contributed by atoms with Crippen LogP contribution in [0.1, 0.15) is 11.1 Å². The highest BCUT2D eigenvalue weighted by molar-refractivity contribution is 5.96. The number of para-hydroxylation sites is 1. The number of nitrogens with zero attached hydrogens (tertiary/aromatic N) is 3. The van der Waals surface area contributed by atoms with Crippen molar-refractivity contribution >= 4 is 27.8 Å². The van der Waals surface area contributed by atoms with Gasteiger partial charge in [0.25, 0.3) is 0 Å². The van der Waals surface area contributed by atoms with Crippen molar-refractivity contribution in [1.29, 1.82) is 0 Å². The summed E-state index contributed by atoms with van der Waals surface area (Å²) in [5, 5.41) is 1.80. The highest BCUT2D eigenvalue weighted by atomic mass is 16.5. The number of anilines is 1. The smallest absolute Gasteiger partial charge is 0.151 e. The second kappa shape index (κ2) is 7.43. The molecule has 0 aliphatic carbocycles. The van der Waals surface area contributed by atoms with Crippen molar-refractivity contribution < 1.29 is 9.47 Å². The van der Waals surface area contributed by atoms with E-state index in [4.69, 9.17) is 15.2 Å². The van der Waals surface area contributed by atoms with E-state index < -0.39 is 0 Å². The van der Waals surface area contributed by atoms with Gasteiger partial charge in [0.15, 0.2) is 5.65 Å². The molecule has 3 heterocycles. The lowest BCUT2D eigenvalue weighted by molar-refractivity contribution is 0.394. The number of fused-ring (bicyclic) bond motifs is 2. The van der Waals surface area contributed by atoms with E-state index in [0.717, 1.165) is 33.1 Å². The number of nitrogen functional groups attached to an aromatic ring is 1. The van der Waals surface area contributed by atoms with Gasteiger partial charge in [0.1, 0.15) is 23.6 Å². The Bertz CT molecular complexity index is 1460. The third-order valence-corrected chi connectivity index (χ3v) is 5.13. The molecule has 5 rings (SSSR count). The van der Waals surface area contributed by atoms with Crippen LogP contribution in [0.25, 0.3) is 27.6 Å². The lowest BCUT2D eigenvalue weighted by atomic mass is 10.1. The van der Waals surface area contributed by atoms with Crippen LogP contribution in [0.4, 0.5) is 5.82 Å². The quantitative estimate of drug-likeness (QED) is 0.441. The normalized spacial score (nSPS) is 10.8. The summed E-state index contributed by atoms with van der Waals surface area (Å²) in [6, 6.07) is 13.6. The van der Waals surface area contributed by atoms with Gasteiger partial charge in [0.05, 0.1) is 30.9 Å². The molecule has 0 spiro atoms. The summed E-state index contributed by atoms with van der Waals surface area (Å²) < 4.78 is 12.7. The third kappa shape index (κ3) is 3.20. The lowest BCUT2D eigenvalue weighted by Crippen LogP contribution is -1.96. The maximum Gasteiger partial charge on any atom is 0.151 e. The van der Waals surface area contributed by atoms with Crippen LogP contribution < -0.4 is 15.2 Å². The van der Waals surface area contributed by atoms with Crippen molar-refractivity contribution in [2.45, 2.75) is 0 Å². The molecule has 3 N–H and O–H groups in total. The summed E-state index contributed by atoms with van der Waals surface area (Å²) in [5.74, 6) is 8.14. The van der Waals surface area contributed by atoms with Gasteiger partial charge in [0.2, 0.25) is 0 Å². The van der Waals surface area contributed by atoms with Crippen molar-refractivity contribution in [2.24, 2.45) is 0 Å². The fourth-order valence-electron chi connectivity index (χ4n) is 3.64. The topological polar surface area (TPSA) is 91.0 Å². The molecule has 0 saturated carbocycles. The van der Waals surface area contributed by atoms with Gasteiger partial charge in [-0.05, 0) is 18.2 Å². The van der Waals surface area contributed by atoms with Crippen LogP contribution in [-0.2, 0) is 0 Å². The SMILES string of the molecule is COc1cc(C#Cc2cn(-c3c[nH]c4ccccc34)c3ncnc(N)c23)cc(OC)c1. The summed E-state index contributed by atoms with van der Waals surface area (Å²) in [5.41, 5.74) is 10.4. The Labute approximate surface area is 178 Å². The highest BCUT2D eigenvalue weighted by Gasteiger charge is 2.15. The molecule has 7 nitrogen and oxygen atoms in total. The number of rotatable bonds is 3. The van der Waals surface area contributed by atoms with Crippen molar-refractivity contribution in [2.75, 3.05) is 20.0 Å². The van der Waals surface area contributed by atoms with Gasteiger partial charge >= 0.3 is 0 Å². The molecule has 0 radical (unpaired) electrons. The second-order valence-corrected chi connectivity index (χ2v) is 6.94. The van der Waals surface area contributed by atoms with Gasteiger partial charge < -0.3 is 20.2 Å². The van der Waals surface area contributed by atoms with Gasteiger partial charge in [-0.15, -0.1) is 0 Å². The zero-order valence-electron chi connectivity index (χ0n) is 17.0. The van der Waals surface area contributed by atoms with E-state index in [1.165, 1.54) is 6.33 Å². The number of hydrogen-bond acceptors (Lipinski definition) is 5. The first-order valence-electron chi connectivity index (χ1n) is 9.61. The molecule has 0 unspecified atom stereocenters. The van der Waals surface area contributed by atoms with E-state index in [9.17, 15) is 0 Å². The van der Waals surface area contributed by atoms with E-state index in [0.29, 0.717) is 23.0 Å². The fourth-order valence-corrected chi connectivity index (χ4v) is 3.64. The Morgan fingerprint density at radius 1 is 1.00 bits per heavy atom. The van der Waals surface area contributed by atoms with Crippen LogP contribution in [-0.4, -0.2) is 33.7 Å². The molecular formula is C24H19N5O2. The molecule has 3 aromatic heterocycles. The average Bonchev–Trinajstić information content (AvgIpc) is 3.39. The summed E-state index contributed by atoms with van der Waals surface area (Å²) in [7, 11) is 3.22.